The van der Waals surface area contributed by atoms with Crippen molar-refractivity contribution < 1.29 is 13.6 Å². The molecule has 5 heterocycles. The van der Waals surface area contributed by atoms with Gasteiger partial charge in [0.25, 0.3) is 6.71 Å². The first-order chi connectivity index (χ1) is 40.4. The number of rotatable bonds is 8. The molecule has 0 bridgehead atoms. The van der Waals surface area contributed by atoms with Gasteiger partial charge in [-0.15, -0.1) is 0 Å². The number of benzene rings is 11. The van der Waals surface area contributed by atoms with Crippen LogP contribution in [0, 0.1) is 0 Å². The second-order valence-corrected chi connectivity index (χ2v) is 22.8. The lowest BCUT2D eigenvalue weighted by atomic mass is 9.33. The molecule has 1 atom stereocenters. The Kier molecular flexibility index (Phi) is 10.2. The van der Waals surface area contributed by atoms with E-state index in [1.807, 2.05) is 24.3 Å². The van der Waals surface area contributed by atoms with E-state index in [4.69, 9.17) is 13.6 Å². The van der Waals surface area contributed by atoms with Crippen LogP contribution in [0.2, 0.25) is 0 Å². The third kappa shape index (κ3) is 7.15. The van der Waals surface area contributed by atoms with Crippen LogP contribution >= 0.6 is 0 Å². The quantitative estimate of drug-likeness (QED) is 0.141. The summed E-state index contributed by atoms with van der Waals surface area (Å²) in [6.07, 6.45) is 0.787. The molecule has 82 heavy (non-hydrogen) atoms. The van der Waals surface area contributed by atoms with E-state index in [1.54, 1.807) is 0 Å². The van der Waals surface area contributed by atoms with Crippen molar-refractivity contribution in [2.24, 2.45) is 0 Å². The van der Waals surface area contributed by atoms with Crippen LogP contribution < -0.4 is 35.8 Å². The first-order valence-corrected chi connectivity index (χ1v) is 28.4. The van der Waals surface area contributed by atoms with Crippen molar-refractivity contribution in [1.82, 2.24) is 0 Å². The Morgan fingerprint density at radius 3 is 1.60 bits per heavy atom. The van der Waals surface area contributed by atoms with E-state index in [1.165, 1.54) is 44.2 Å². The van der Waals surface area contributed by atoms with Gasteiger partial charge in [0, 0.05) is 79.2 Å². The summed E-state index contributed by atoms with van der Waals surface area (Å²) in [6.45, 7) is 4.67. The third-order valence-electron chi connectivity index (χ3n) is 17.8. The van der Waals surface area contributed by atoms with Crippen molar-refractivity contribution in [2.75, 3.05) is 14.7 Å². The second-order valence-electron chi connectivity index (χ2n) is 22.8. The molecule has 7 heteroatoms. The van der Waals surface area contributed by atoms with Crippen molar-refractivity contribution in [3.05, 3.63) is 283 Å². The van der Waals surface area contributed by atoms with Crippen molar-refractivity contribution >= 4 is 96.2 Å². The van der Waals surface area contributed by atoms with Gasteiger partial charge in [0.1, 0.15) is 34.5 Å². The molecule has 17 rings (SSSR count). The summed E-state index contributed by atoms with van der Waals surface area (Å²) >= 11 is 0. The maximum absolute atomic E-state index is 6.57. The Morgan fingerprint density at radius 2 is 0.963 bits per heavy atom. The maximum atomic E-state index is 6.57. The van der Waals surface area contributed by atoms with Gasteiger partial charge >= 0.3 is 0 Å². The fourth-order valence-electron chi connectivity index (χ4n) is 13.9. The average Bonchev–Trinajstić information content (AvgIpc) is 3.03. The molecule has 11 aromatic carbocycles. The summed E-state index contributed by atoms with van der Waals surface area (Å²) < 4.78 is 19.5. The minimum atomic E-state index is -0.220. The molecule has 13 aromatic rings. The first kappa shape index (κ1) is 46.7. The highest BCUT2D eigenvalue weighted by Gasteiger charge is 2.44. The van der Waals surface area contributed by atoms with E-state index in [0.717, 1.165) is 114 Å². The normalized spacial score (nSPS) is 14.9. The van der Waals surface area contributed by atoms with E-state index < -0.39 is 0 Å². The Labute approximate surface area is 476 Å². The predicted molar refractivity (Wildman–Crippen MR) is 337 cm³/mol. The molecule has 1 unspecified atom stereocenters. The molecule has 3 aliphatic heterocycles. The molecule has 0 spiro atoms. The minimum Gasteiger partial charge on any atom is -0.485 e. The molecule has 2 aromatic heterocycles. The molecule has 388 valence electrons. The first-order valence-electron chi connectivity index (χ1n) is 28.4. The molecule has 0 fully saturated rings. The lowest BCUT2D eigenvalue weighted by Gasteiger charge is -2.45. The zero-order valence-electron chi connectivity index (χ0n) is 45.3. The lowest BCUT2D eigenvalue weighted by molar-refractivity contribution is 0.239. The topological polar surface area (TPSA) is 45.2 Å². The predicted octanol–water partition coefficient (Wildman–Crippen LogP) is 18.0. The van der Waals surface area contributed by atoms with E-state index in [9.17, 15) is 0 Å². The van der Waals surface area contributed by atoms with Crippen molar-refractivity contribution in [2.45, 2.75) is 31.8 Å². The largest absolute Gasteiger partial charge is 0.485 e. The standard InChI is InChI=1S/C75H52BN3O3/c1-75(2)60-19-7-6-18-58(60)59-40-39-56(44-61(59)75)77(53-33-27-47(28-34-53)71-41-50-15-3-12-24-68(50)80-71)57-45-66-74-67(46-57)79(55-37-31-49(32-38-55)73-43-52-17-5-14-26-70(52)82-73)65-23-11-9-21-63(65)76(74)62-20-8-10-22-64(62)78(66)54-35-29-48(30-36-54)72-42-51-16-4-13-25-69(51)81-72/h3-42,44-46,73H,43H2,1-2H3. The molecular formula is C75H52BN3O3. The second kappa shape index (κ2) is 17.9. The van der Waals surface area contributed by atoms with Gasteiger partial charge in [-0.3, -0.25) is 0 Å². The van der Waals surface area contributed by atoms with Gasteiger partial charge in [0.05, 0.1) is 5.69 Å². The maximum Gasteiger partial charge on any atom is 0.252 e. The Balaban J connectivity index is 0.893. The van der Waals surface area contributed by atoms with E-state index in [2.05, 4.69) is 265 Å². The van der Waals surface area contributed by atoms with Crippen LogP contribution in [0.5, 0.6) is 5.75 Å². The van der Waals surface area contributed by atoms with Crippen LogP contribution in [0.3, 0.4) is 0 Å². The van der Waals surface area contributed by atoms with Crippen LogP contribution in [0.4, 0.5) is 51.2 Å². The Bertz CT molecular complexity index is 4620. The van der Waals surface area contributed by atoms with Crippen LogP contribution in [0.25, 0.3) is 55.7 Å². The summed E-state index contributed by atoms with van der Waals surface area (Å²) in [6, 6.07) is 95.0. The van der Waals surface area contributed by atoms with Gasteiger partial charge in [-0.25, -0.2) is 0 Å². The molecule has 0 saturated heterocycles. The third-order valence-corrected chi connectivity index (χ3v) is 17.8. The van der Waals surface area contributed by atoms with Crippen molar-refractivity contribution in [3.8, 4) is 39.5 Å². The van der Waals surface area contributed by atoms with Crippen LogP contribution in [-0.2, 0) is 11.8 Å². The van der Waals surface area contributed by atoms with Gasteiger partial charge in [0.2, 0.25) is 0 Å². The molecule has 6 nitrogen and oxygen atoms in total. The van der Waals surface area contributed by atoms with Gasteiger partial charge < -0.3 is 28.3 Å². The highest BCUT2D eigenvalue weighted by atomic mass is 16.5. The lowest BCUT2D eigenvalue weighted by Crippen LogP contribution is -2.61. The van der Waals surface area contributed by atoms with Gasteiger partial charge in [-0.05, 0) is 177 Å². The monoisotopic (exact) mass is 1050 g/mol. The highest BCUT2D eigenvalue weighted by molar-refractivity contribution is 7.00. The molecular weight excluding hydrogens is 1000 g/mol. The highest BCUT2D eigenvalue weighted by Crippen LogP contribution is 2.53. The molecule has 1 aliphatic carbocycles. The fourth-order valence-corrected chi connectivity index (χ4v) is 13.9. The minimum absolute atomic E-state index is 0.0549. The van der Waals surface area contributed by atoms with E-state index >= 15 is 0 Å². The Morgan fingerprint density at radius 1 is 0.439 bits per heavy atom. The van der Waals surface area contributed by atoms with E-state index in [-0.39, 0.29) is 18.2 Å². The fraction of sp³-hybridized carbons (Fsp3) is 0.0667. The molecule has 0 amide bonds. The zero-order valence-corrected chi connectivity index (χ0v) is 45.3. The van der Waals surface area contributed by atoms with Gasteiger partial charge in [0.15, 0.2) is 0 Å². The number of furan rings is 2. The number of nitrogens with zero attached hydrogens (tertiary/aromatic N) is 3. The summed E-state index contributed by atoms with van der Waals surface area (Å²) in [4.78, 5) is 7.46. The number of ether oxygens (including phenoxy) is 1. The number of fused-ring (bicyclic) bond motifs is 10. The summed E-state index contributed by atoms with van der Waals surface area (Å²) in [5.41, 5.74) is 24.7. The van der Waals surface area contributed by atoms with Gasteiger partial charge in [-0.2, -0.15) is 0 Å². The summed E-state index contributed by atoms with van der Waals surface area (Å²) in [7, 11) is 0. The van der Waals surface area contributed by atoms with Crippen LogP contribution in [-0.4, -0.2) is 6.71 Å². The zero-order chi connectivity index (χ0) is 54.2. The average molecular weight is 1050 g/mol. The smallest absolute Gasteiger partial charge is 0.252 e. The number of anilines is 9. The summed E-state index contributed by atoms with van der Waals surface area (Å²) in [5, 5.41) is 2.17. The number of para-hydroxylation sites is 5. The van der Waals surface area contributed by atoms with Gasteiger partial charge in [-0.1, -0.05) is 147 Å². The summed E-state index contributed by atoms with van der Waals surface area (Å²) in [5.74, 6) is 2.65. The molecule has 4 aliphatic rings. The molecule has 0 radical (unpaired) electrons. The van der Waals surface area contributed by atoms with Crippen LogP contribution in [0.1, 0.15) is 42.2 Å². The number of hydrogen-bond acceptors (Lipinski definition) is 6. The molecule has 0 saturated carbocycles. The SMILES string of the molecule is CC1(C)c2ccccc2-c2ccc(N(c3ccc(-c4cc5ccccc5o4)cc3)c3cc4c5c(c3)N(c3ccc(C6Cc7ccccc7O6)cc3)c3ccccc3B5c3ccccc3N4c3ccc(-c4cc5ccccc5o4)cc3)cc21. The van der Waals surface area contributed by atoms with E-state index in [0.29, 0.717) is 0 Å². The number of hydrogen-bond donors (Lipinski definition) is 0. The Hall–Kier alpha value is -10.2. The molecule has 0 N–H and O–H groups in total. The van der Waals surface area contributed by atoms with Crippen molar-refractivity contribution in [1.29, 1.82) is 0 Å². The van der Waals surface area contributed by atoms with Crippen LogP contribution in [0.15, 0.2) is 270 Å². The van der Waals surface area contributed by atoms with Crippen molar-refractivity contribution in [3.63, 3.8) is 0 Å².